The summed E-state index contributed by atoms with van der Waals surface area (Å²) in [5, 5.41) is 0.906. The minimum atomic E-state index is 0.708. The van der Waals surface area contributed by atoms with Crippen molar-refractivity contribution in [3.05, 3.63) is 36.5 Å². The summed E-state index contributed by atoms with van der Waals surface area (Å²) in [6.45, 7) is 0. The summed E-state index contributed by atoms with van der Waals surface area (Å²) in [6.07, 6.45) is 1.74. The average molecular weight is 184 g/mol. The van der Waals surface area contributed by atoms with Crippen molar-refractivity contribution in [1.29, 1.82) is 0 Å². The Morgan fingerprint density at radius 1 is 1.07 bits per heavy atom. The summed E-state index contributed by atoms with van der Waals surface area (Å²) < 4.78 is 5.59. The van der Waals surface area contributed by atoms with Gasteiger partial charge in [-0.15, -0.1) is 0 Å². The largest absolute Gasteiger partial charge is 0.454 e. The van der Waals surface area contributed by atoms with Crippen molar-refractivity contribution in [2.75, 3.05) is 5.73 Å². The van der Waals surface area contributed by atoms with Gasteiger partial charge in [0.25, 0.3) is 0 Å². The Labute approximate surface area is 80.1 Å². The molecule has 0 aliphatic carbocycles. The number of nitrogens with two attached hydrogens (primary N) is 1. The van der Waals surface area contributed by atoms with E-state index in [0.29, 0.717) is 5.69 Å². The third-order valence-electron chi connectivity index (χ3n) is 2.29. The molecule has 3 nitrogen and oxygen atoms in total. The van der Waals surface area contributed by atoms with Gasteiger partial charge >= 0.3 is 0 Å². The van der Waals surface area contributed by atoms with Crippen molar-refractivity contribution in [3.63, 3.8) is 0 Å². The summed E-state index contributed by atoms with van der Waals surface area (Å²) in [5.41, 5.74) is 8.98. The second-order valence-electron chi connectivity index (χ2n) is 3.17. The SMILES string of the molecule is Nc1cccc2oc3cccnc3c12. The van der Waals surface area contributed by atoms with E-state index in [0.717, 1.165) is 22.1 Å². The molecular formula is C11H8N2O. The van der Waals surface area contributed by atoms with Crippen LogP contribution in [-0.4, -0.2) is 4.98 Å². The second-order valence-corrected chi connectivity index (χ2v) is 3.17. The molecule has 0 aliphatic rings. The van der Waals surface area contributed by atoms with Crippen molar-refractivity contribution in [2.45, 2.75) is 0 Å². The zero-order chi connectivity index (χ0) is 9.54. The number of benzene rings is 1. The van der Waals surface area contributed by atoms with Crippen LogP contribution in [0.2, 0.25) is 0 Å². The zero-order valence-electron chi connectivity index (χ0n) is 7.40. The predicted octanol–water partition coefficient (Wildman–Crippen LogP) is 2.56. The minimum absolute atomic E-state index is 0.708. The zero-order valence-corrected chi connectivity index (χ0v) is 7.40. The van der Waals surface area contributed by atoms with Gasteiger partial charge in [0, 0.05) is 11.9 Å². The molecule has 0 radical (unpaired) electrons. The molecular weight excluding hydrogens is 176 g/mol. The first-order chi connectivity index (χ1) is 6.86. The van der Waals surface area contributed by atoms with Crippen LogP contribution >= 0.6 is 0 Å². The molecule has 0 bridgehead atoms. The van der Waals surface area contributed by atoms with Crippen LogP contribution in [0.5, 0.6) is 0 Å². The van der Waals surface area contributed by atoms with E-state index >= 15 is 0 Å². The molecule has 0 fully saturated rings. The standard InChI is InChI=1S/C11H8N2O/c12-7-3-1-4-8-10(7)11-9(14-8)5-2-6-13-11/h1-6H,12H2. The van der Waals surface area contributed by atoms with Crippen molar-refractivity contribution >= 4 is 27.8 Å². The molecule has 14 heavy (non-hydrogen) atoms. The minimum Gasteiger partial charge on any atom is -0.454 e. The quantitative estimate of drug-likeness (QED) is 0.546. The molecule has 2 aromatic heterocycles. The highest BCUT2D eigenvalue weighted by Crippen LogP contribution is 2.30. The number of nitrogens with zero attached hydrogens (tertiary/aromatic N) is 1. The lowest BCUT2D eigenvalue weighted by atomic mass is 10.2. The van der Waals surface area contributed by atoms with E-state index in [1.807, 2.05) is 30.3 Å². The van der Waals surface area contributed by atoms with Gasteiger partial charge in [0.05, 0.1) is 5.39 Å². The van der Waals surface area contributed by atoms with Crippen LogP contribution in [0.25, 0.3) is 22.1 Å². The van der Waals surface area contributed by atoms with Crippen LogP contribution in [0.1, 0.15) is 0 Å². The monoisotopic (exact) mass is 184 g/mol. The number of hydrogen-bond acceptors (Lipinski definition) is 3. The molecule has 0 atom stereocenters. The van der Waals surface area contributed by atoms with E-state index in [4.69, 9.17) is 10.2 Å². The van der Waals surface area contributed by atoms with Crippen molar-refractivity contribution in [3.8, 4) is 0 Å². The van der Waals surface area contributed by atoms with Crippen LogP contribution in [0.15, 0.2) is 40.9 Å². The molecule has 0 saturated carbocycles. The number of pyridine rings is 1. The average Bonchev–Trinajstić information content (AvgIpc) is 2.57. The van der Waals surface area contributed by atoms with Gasteiger partial charge in [-0.1, -0.05) is 6.07 Å². The van der Waals surface area contributed by atoms with Gasteiger partial charge in [-0.3, -0.25) is 4.98 Å². The van der Waals surface area contributed by atoms with E-state index < -0.39 is 0 Å². The molecule has 0 spiro atoms. The van der Waals surface area contributed by atoms with Crippen LogP contribution in [0, 0.1) is 0 Å². The first kappa shape index (κ1) is 7.38. The van der Waals surface area contributed by atoms with Crippen molar-refractivity contribution in [2.24, 2.45) is 0 Å². The van der Waals surface area contributed by atoms with Gasteiger partial charge in [0.15, 0.2) is 5.58 Å². The summed E-state index contributed by atoms with van der Waals surface area (Å²) in [7, 11) is 0. The Kier molecular flexibility index (Phi) is 1.31. The van der Waals surface area contributed by atoms with E-state index in [1.54, 1.807) is 6.20 Å². The molecule has 0 aliphatic heterocycles. The lowest BCUT2D eigenvalue weighted by Gasteiger charge is -1.92. The first-order valence-electron chi connectivity index (χ1n) is 4.38. The maximum absolute atomic E-state index is 5.87. The lowest BCUT2D eigenvalue weighted by molar-refractivity contribution is 0.668. The molecule has 0 amide bonds. The fourth-order valence-corrected chi connectivity index (χ4v) is 1.67. The van der Waals surface area contributed by atoms with Crippen LogP contribution < -0.4 is 5.73 Å². The Morgan fingerprint density at radius 3 is 2.86 bits per heavy atom. The van der Waals surface area contributed by atoms with E-state index in [2.05, 4.69) is 4.98 Å². The molecule has 3 aromatic rings. The summed E-state index contributed by atoms with van der Waals surface area (Å²) in [5.74, 6) is 0. The van der Waals surface area contributed by atoms with Crippen LogP contribution in [-0.2, 0) is 0 Å². The second kappa shape index (κ2) is 2.48. The number of fused-ring (bicyclic) bond motifs is 3. The molecule has 2 N–H and O–H groups in total. The number of aromatic nitrogens is 1. The molecule has 0 unspecified atom stereocenters. The van der Waals surface area contributed by atoms with Crippen molar-refractivity contribution in [1.82, 2.24) is 4.98 Å². The number of rotatable bonds is 0. The number of nitrogen functional groups attached to an aromatic ring is 1. The van der Waals surface area contributed by atoms with Gasteiger partial charge < -0.3 is 10.2 Å². The van der Waals surface area contributed by atoms with E-state index in [1.165, 1.54) is 0 Å². The maximum atomic E-state index is 5.87. The van der Waals surface area contributed by atoms with Crippen LogP contribution in [0.4, 0.5) is 5.69 Å². The molecule has 3 heteroatoms. The van der Waals surface area contributed by atoms with Gasteiger partial charge in [-0.25, -0.2) is 0 Å². The van der Waals surface area contributed by atoms with E-state index in [9.17, 15) is 0 Å². The molecule has 0 saturated heterocycles. The molecule has 68 valence electrons. The van der Waals surface area contributed by atoms with Gasteiger partial charge in [0.1, 0.15) is 11.1 Å². The van der Waals surface area contributed by atoms with Crippen molar-refractivity contribution < 1.29 is 4.42 Å². The number of hydrogen-bond donors (Lipinski definition) is 1. The fraction of sp³-hybridized carbons (Fsp3) is 0. The predicted molar refractivity (Wildman–Crippen MR) is 55.9 cm³/mol. The highest BCUT2D eigenvalue weighted by Gasteiger charge is 2.08. The Hall–Kier alpha value is -2.03. The summed E-state index contributed by atoms with van der Waals surface area (Å²) in [6, 6.07) is 9.36. The normalized spacial score (nSPS) is 11.1. The third-order valence-corrected chi connectivity index (χ3v) is 2.29. The van der Waals surface area contributed by atoms with Gasteiger partial charge in [0.2, 0.25) is 0 Å². The van der Waals surface area contributed by atoms with Gasteiger partial charge in [-0.2, -0.15) is 0 Å². The highest BCUT2D eigenvalue weighted by molar-refractivity contribution is 6.08. The topological polar surface area (TPSA) is 52.0 Å². The Balaban J connectivity index is 2.65. The molecule has 3 rings (SSSR count). The fourth-order valence-electron chi connectivity index (χ4n) is 1.67. The lowest BCUT2D eigenvalue weighted by Crippen LogP contribution is -1.84. The Morgan fingerprint density at radius 2 is 1.93 bits per heavy atom. The van der Waals surface area contributed by atoms with Gasteiger partial charge in [-0.05, 0) is 24.3 Å². The number of anilines is 1. The highest BCUT2D eigenvalue weighted by atomic mass is 16.3. The molecule has 1 aromatic carbocycles. The Bertz CT molecular complexity index is 613. The summed E-state index contributed by atoms with van der Waals surface area (Å²) >= 11 is 0. The van der Waals surface area contributed by atoms with Crippen LogP contribution in [0.3, 0.4) is 0 Å². The maximum Gasteiger partial charge on any atom is 0.153 e. The number of furan rings is 1. The third kappa shape index (κ3) is 0.836. The smallest absolute Gasteiger partial charge is 0.153 e. The summed E-state index contributed by atoms with van der Waals surface area (Å²) in [4.78, 5) is 4.26. The first-order valence-corrected chi connectivity index (χ1v) is 4.38. The van der Waals surface area contributed by atoms with E-state index in [-0.39, 0.29) is 0 Å². The molecule has 2 heterocycles.